The number of alkyl carbamates (subject to hydrolysis) is 1. The zero-order valence-electron chi connectivity index (χ0n) is 12.0. The van der Waals surface area contributed by atoms with Gasteiger partial charge >= 0.3 is 6.09 Å². The Morgan fingerprint density at radius 2 is 1.95 bits per heavy atom. The molecule has 0 aliphatic heterocycles. The number of carbonyl (C=O) groups is 2. The van der Waals surface area contributed by atoms with Crippen LogP contribution in [0.2, 0.25) is 5.02 Å². The van der Waals surface area contributed by atoms with Gasteiger partial charge in [0.2, 0.25) is 5.91 Å². The molecule has 0 aromatic heterocycles. The summed E-state index contributed by atoms with van der Waals surface area (Å²) in [6.07, 6.45) is -0.527. The van der Waals surface area contributed by atoms with E-state index in [1.165, 1.54) is 0 Å². The molecule has 0 radical (unpaired) electrons. The maximum absolute atomic E-state index is 11.7. The van der Waals surface area contributed by atoms with Gasteiger partial charge in [-0.2, -0.15) is 0 Å². The highest BCUT2D eigenvalue weighted by molar-refractivity contribution is 6.33. The molecule has 1 rings (SSSR count). The van der Waals surface area contributed by atoms with Crippen LogP contribution in [0.1, 0.15) is 49.7 Å². The lowest BCUT2D eigenvalue weighted by molar-refractivity contribution is 0.0508. The first-order valence-corrected chi connectivity index (χ1v) is 6.56. The van der Waals surface area contributed by atoms with E-state index in [0.29, 0.717) is 5.56 Å². The van der Waals surface area contributed by atoms with Gasteiger partial charge < -0.3 is 15.8 Å². The van der Waals surface area contributed by atoms with Crippen LogP contribution in [0, 0.1) is 0 Å². The van der Waals surface area contributed by atoms with Crippen LogP contribution in [-0.4, -0.2) is 17.6 Å². The molecule has 110 valence electrons. The first-order chi connectivity index (χ1) is 9.10. The number of ether oxygens (including phenoxy) is 1. The zero-order valence-corrected chi connectivity index (χ0v) is 12.7. The van der Waals surface area contributed by atoms with Crippen molar-refractivity contribution >= 4 is 23.6 Å². The average Bonchev–Trinajstić information content (AvgIpc) is 2.26. The van der Waals surface area contributed by atoms with E-state index < -0.39 is 17.6 Å². The van der Waals surface area contributed by atoms with Crippen molar-refractivity contribution in [2.45, 2.75) is 39.3 Å². The average molecular weight is 299 g/mol. The number of primary amides is 1. The van der Waals surface area contributed by atoms with Crippen LogP contribution in [0.15, 0.2) is 18.2 Å². The van der Waals surface area contributed by atoms with Crippen LogP contribution < -0.4 is 11.1 Å². The second-order valence-corrected chi connectivity index (χ2v) is 5.88. The Bertz CT molecular complexity index is 524. The molecule has 1 aromatic rings. The molecule has 0 aliphatic carbocycles. The summed E-state index contributed by atoms with van der Waals surface area (Å²) in [6, 6.07) is 4.52. The molecule has 0 saturated heterocycles. The topological polar surface area (TPSA) is 81.4 Å². The minimum Gasteiger partial charge on any atom is -0.444 e. The third-order valence-electron chi connectivity index (χ3n) is 2.49. The van der Waals surface area contributed by atoms with E-state index in [0.717, 1.165) is 0 Å². The van der Waals surface area contributed by atoms with Crippen LogP contribution in [0.5, 0.6) is 0 Å². The summed E-state index contributed by atoms with van der Waals surface area (Å²) < 4.78 is 5.16. The van der Waals surface area contributed by atoms with Crippen molar-refractivity contribution < 1.29 is 14.3 Å². The lowest BCUT2D eigenvalue weighted by atomic mass is 10.0. The molecular formula is C14H19ClN2O3. The minimum atomic E-state index is -0.610. The highest BCUT2D eigenvalue weighted by atomic mass is 35.5. The van der Waals surface area contributed by atoms with Gasteiger partial charge in [0.25, 0.3) is 0 Å². The molecule has 2 amide bonds. The number of nitrogens with one attached hydrogen (secondary N) is 1. The molecule has 0 fully saturated rings. The van der Waals surface area contributed by atoms with Crippen LogP contribution in [-0.2, 0) is 4.74 Å². The van der Waals surface area contributed by atoms with Crippen molar-refractivity contribution in [2.75, 3.05) is 0 Å². The number of carbonyl (C=O) groups excluding carboxylic acids is 2. The van der Waals surface area contributed by atoms with E-state index in [-0.39, 0.29) is 16.6 Å². The van der Waals surface area contributed by atoms with E-state index in [1.807, 2.05) is 0 Å². The first-order valence-electron chi connectivity index (χ1n) is 6.19. The molecular weight excluding hydrogens is 280 g/mol. The molecule has 5 nitrogen and oxygen atoms in total. The summed E-state index contributed by atoms with van der Waals surface area (Å²) in [4.78, 5) is 22.9. The monoisotopic (exact) mass is 298 g/mol. The van der Waals surface area contributed by atoms with Crippen molar-refractivity contribution in [3.05, 3.63) is 34.3 Å². The van der Waals surface area contributed by atoms with Gasteiger partial charge in [0, 0.05) is 0 Å². The van der Waals surface area contributed by atoms with Crippen molar-refractivity contribution in [1.82, 2.24) is 5.32 Å². The number of hydrogen-bond acceptors (Lipinski definition) is 3. The third kappa shape index (κ3) is 4.74. The molecule has 1 atom stereocenters. The SMILES string of the molecule is C[C@H](NC(=O)OC(C)(C)C)c1ccc(Cl)c(C(N)=O)c1. The van der Waals surface area contributed by atoms with Gasteiger partial charge in [0.15, 0.2) is 0 Å². The minimum absolute atomic E-state index is 0.224. The molecule has 0 heterocycles. The fourth-order valence-electron chi connectivity index (χ4n) is 1.57. The van der Waals surface area contributed by atoms with Gasteiger partial charge in [-0.25, -0.2) is 4.79 Å². The Morgan fingerprint density at radius 3 is 2.45 bits per heavy atom. The number of benzene rings is 1. The number of rotatable bonds is 3. The Balaban J connectivity index is 2.83. The lowest BCUT2D eigenvalue weighted by Crippen LogP contribution is -2.34. The standard InChI is InChI=1S/C14H19ClN2O3/c1-8(17-13(19)20-14(2,3)4)9-5-6-11(15)10(7-9)12(16)18/h5-8H,1-4H3,(H2,16,18)(H,17,19)/t8-/m0/s1. The summed E-state index contributed by atoms with van der Waals surface area (Å²) >= 11 is 5.88. The van der Waals surface area contributed by atoms with E-state index in [1.54, 1.807) is 45.9 Å². The fraction of sp³-hybridized carbons (Fsp3) is 0.429. The van der Waals surface area contributed by atoms with Gasteiger partial charge in [-0.15, -0.1) is 0 Å². The maximum atomic E-state index is 11.7. The predicted molar refractivity (Wildman–Crippen MR) is 77.8 cm³/mol. The largest absolute Gasteiger partial charge is 0.444 e. The van der Waals surface area contributed by atoms with Crippen LogP contribution in [0.25, 0.3) is 0 Å². The quantitative estimate of drug-likeness (QED) is 0.900. The van der Waals surface area contributed by atoms with Gasteiger partial charge in [-0.3, -0.25) is 4.79 Å². The maximum Gasteiger partial charge on any atom is 0.408 e. The van der Waals surface area contributed by atoms with Crippen LogP contribution in [0.4, 0.5) is 4.79 Å². The third-order valence-corrected chi connectivity index (χ3v) is 2.82. The molecule has 6 heteroatoms. The molecule has 20 heavy (non-hydrogen) atoms. The summed E-state index contributed by atoms with van der Waals surface area (Å²) in [7, 11) is 0. The van der Waals surface area contributed by atoms with Crippen molar-refractivity contribution in [1.29, 1.82) is 0 Å². The van der Waals surface area contributed by atoms with Crippen molar-refractivity contribution in [2.24, 2.45) is 5.73 Å². The van der Waals surface area contributed by atoms with E-state index in [9.17, 15) is 9.59 Å². The molecule has 0 spiro atoms. The molecule has 0 bridgehead atoms. The van der Waals surface area contributed by atoms with Gasteiger partial charge in [-0.1, -0.05) is 17.7 Å². The second kappa shape index (κ2) is 6.13. The van der Waals surface area contributed by atoms with Gasteiger partial charge in [-0.05, 0) is 45.4 Å². The number of hydrogen-bond donors (Lipinski definition) is 2. The van der Waals surface area contributed by atoms with E-state index in [4.69, 9.17) is 22.1 Å². The Labute approximate surface area is 123 Å². The predicted octanol–water partition coefficient (Wildman–Crippen LogP) is 3.02. The number of halogens is 1. The van der Waals surface area contributed by atoms with Crippen LogP contribution >= 0.6 is 11.6 Å². The zero-order chi connectivity index (χ0) is 15.5. The van der Waals surface area contributed by atoms with Gasteiger partial charge in [0.05, 0.1) is 16.6 Å². The van der Waals surface area contributed by atoms with Crippen molar-refractivity contribution in [3.8, 4) is 0 Å². The summed E-state index contributed by atoms with van der Waals surface area (Å²) in [5, 5.41) is 2.97. The number of amides is 2. The Morgan fingerprint density at radius 1 is 1.35 bits per heavy atom. The molecule has 1 aromatic carbocycles. The normalized spacial score (nSPS) is 12.7. The smallest absolute Gasteiger partial charge is 0.408 e. The Kier molecular flexibility index (Phi) is 5.00. The molecule has 0 unspecified atom stereocenters. The molecule has 3 N–H and O–H groups in total. The van der Waals surface area contributed by atoms with Crippen molar-refractivity contribution in [3.63, 3.8) is 0 Å². The number of nitrogens with two attached hydrogens (primary N) is 1. The molecule has 0 saturated carbocycles. The van der Waals surface area contributed by atoms with Gasteiger partial charge in [0.1, 0.15) is 5.60 Å². The first kappa shape index (κ1) is 16.3. The second-order valence-electron chi connectivity index (χ2n) is 5.47. The summed E-state index contributed by atoms with van der Waals surface area (Å²) in [5.74, 6) is -0.610. The van der Waals surface area contributed by atoms with E-state index >= 15 is 0 Å². The summed E-state index contributed by atoms with van der Waals surface area (Å²) in [6.45, 7) is 7.12. The van der Waals surface area contributed by atoms with E-state index in [2.05, 4.69) is 5.32 Å². The lowest BCUT2D eigenvalue weighted by Gasteiger charge is -2.22. The highest BCUT2D eigenvalue weighted by Gasteiger charge is 2.19. The highest BCUT2D eigenvalue weighted by Crippen LogP contribution is 2.21. The summed E-state index contributed by atoms with van der Waals surface area (Å²) in [5.41, 5.74) is 5.61. The fourth-order valence-corrected chi connectivity index (χ4v) is 1.78. The Hall–Kier alpha value is -1.75. The molecule has 0 aliphatic rings. The van der Waals surface area contributed by atoms with Crippen LogP contribution in [0.3, 0.4) is 0 Å².